The highest BCUT2D eigenvalue weighted by Gasteiger charge is 2.38. The number of hydrogen-bond donors (Lipinski definition) is 2. The van der Waals surface area contributed by atoms with Crippen molar-refractivity contribution in [1.29, 1.82) is 0 Å². The highest BCUT2D eigenvalue weighted by Crippen LogP contribution is 2.37. The number of anilines is 3. The molecule has 9 heteroatoms. The first-order valence-corrected chi connectivity index (χ1v) is 11.8. The number of hydrogen-bond acceptors (Lipinski definition) is 4. The van der Waals surface area contributed by atoms with Crippen LogP contribution in [0, 0.1) is 18.6 Å². The van der Waals surface area contributed by atoms with Gasteiger partial charge in [0.25, 0.3) is 11.8 Å². The van der Waals surface area contributed by atoms with E-state index in [0.717, 1.165) is 23.4 Å². The molecule has 37 heavy (non-hydrogen) atoms. The Morgan fingerprint density at radius 2 is 1.62 bits per heavy atom. The lowest BCUT2D eigenvalue weighted by Gasteiger charge is -2.30. The predicted molar refractivity (Wildman–Crippen MR) is 138 cm³/mol. The number of benzene rings is 3. The number of aryl methyl sites for hydroxylation is 1. The number of nitrogens with zero attached hydrogens (tertiary/aromatic N) is 2. The molecule has 0 saturated heterocycles. The molecule has 0 aromatic heterocycles. The van der Waals surface area contributed by atoms with Gasteiger partial charge in [0.1, 0.15) is 23.2 Å². The van der Waals surface area contributed by atoms with E-state index in [9.17, 15) is 23.2 Å². The molecule has 1 atom stereocenters. The summed E-state index contributed by atoms with van der Waals surface area (Å²) in [6.45, 7) is 5.04. The van der Waals surface area contributed by atoms with E-state index in [1.165, 1.54) is 50.1 Å². The van der Waals surface area contributed by atoms with Gasteiger partial charge in [-0.25, -0.2) is 8.78 Å². The summed E-state index contributed by atoms with van der Waals surface area (Å²) in [6.07, 6.45) is 0. The van der Waals surface area contributed by atoms with Crippen LogP contribution in [0.25, 0.3) is 0 Å². The highest BCUT2D eigenvalue weighted by molar-refractivity contribution is 6.05. The average molecular weight is 507 g/mol. The molecule has 1 heterocycles. The van der Waals surface area contributed by atoms with Crippen LogP contribution >= 0.6 is 0 Å². The van der Waals surface area contributed by atoms with Gasteiger partial charge in [-0.1, -0.05) is 12.1 Å². The Balaban J connectivity index is 1.62. The SMILES string of the molecule is Cc1cccc(N2C[C@@H](NC(=O)C(C)(C)NC(=O)c3ccc(F)cc3)C(=O)N(C)c3cc(F)ccc32)c1. The average Bonchev–Trinajstić information content (AvgIpc) is 2.94. The van der Waals surface area contributed by atoms with Gasteiger partial charge in [-0.15, -0.1) is 0 Å². The van der Waals surface area contributed by atoms with Crippen LogP contribution in [0.5, 0.6) is 0 Å². The minimum atomic E-state index is -1.40. The zero-order valence-electron chi connectivity index (χ0n) is 21.0. The van der Waals surface area contributed by atoms with Crippen LogP contribution in [0.15, 0.2) is 66.7 Å². The third kappa shape index (κ3) is 5.45. The third-order valence-corrected chi connectivity index (χ3v) is 6.30. The van der Waals surface area contributed by atoms with Gasteiger partial charge in [-0.3, -0.25) is 14.4 Å². The number of rotatable bonds is 5. The Bertz CT molecular complexity index is 1360. The molecule has 3 aromatic rings. The number of likely N-dealkylation sites (N-methyl/N-ethyl adjacent to an activating group) is 1. The van der Waals surface area contributed by atoms with E-state index >= 15 is 0 Å². The molecule has 4 rings (SSSR count). The lowest BCUT2D eigenvalue weighted by molar-refractivity contribution is -0.130. The van der Waals surface area contributed by atoms with Crippen LogP contribution in [-0.4, -0.2) is 42.9 Å². The Morgan fingerprint density at radius 1 is 0.946 bits per heavy atom. The maximum atomic E-state index is 14.2. The van der Waals surface area contributed by atoms with E-state index < -0.39 is 40.9 Å². The van der Waals surface area contributed by atoms with Crippen LogP contribution < -0.4 is 20.4 Å². The highest BCUT2D eigenvalue weighted by atomic mass is 19.1. The Morgan fingerprint density at radius 3 is 2.30 bits per heavy atom. The fraction of sp³-hybridized carbons (Fsp3) is 0.250. The molecule has 0 spiro atoms. The zero-order valence-corrected chi connectivity index (χ0v) is 21.0. The van der Waals surface area contributed by atoms with Gasteiger partial charge in [0.2, 0.25) is 5.91 Å². The molecule has 0 fully saturated rings. The normalized spacial score (nSPS) is 15.6. The van der Waals surface area contributed by atoms with Crippen LogP contribution in [0.3, 0.4) is 0 Å². The molecule has 192 valence electrons. The first-order chi connectivity index (χ1) is 17.5. The maximum Gasteiger partial charge on any atom is 0.252 e. The number of carbonyl (C=O) groups excluding carboxylic acids is 3. The summed E-state index contributed by atoms with van der Waals surface area (Å²) in [5, 5.41) is 5.41. The maximum absolute atomic E-state index is 14.2. The number of halogens is 2. The Hall–Kier alpha value is -4.27. The first kappa shape index (κ1) is 25.8. The summed E-state index contributed by atoms with van der Waals surface area (Å²) in [5.41, 5.74) is 1.55. The van der Waals surface area contributed by atoms with Crippen molar-refractivity contribution in [1.82, 2.24) is 10.6 Å². The van der Waals surface area contributed by atoms with Crippen LogP contribution in [0.2, 0.25) is 0 Å². The second-order valence-electron chi connectivity index (χ2n) is 9.59. The van der Waals surface area contributed by atoms with E-state index in [2.05, 4.69) is 10.6 Å². The summed E-state index contributed by atoms with van der Waals surface area (Å²) < 4.78 is 27.4. The predicted octanol–water partition coefficient (Wildman–Crippen LogP) is 4.08. The van der Waals surface area contributed by atoms with E-state index in [1.807, 2.05) is 36.1 Å². The summed E-state index contributed by atoms with van der Waals surface area (Å²) in [6, 6.07) is 15.8. The van der Waals surface area contributed by atoms with E-state index in [4.69, 9.17) is 0 Å². The smallest absolute Gasteiger partial charge is 0.252 e. The van der Waals surface area contributed by atoms with E-state index in [1.54, 1.807) is 6.07 Å². The first-order valence-electron chi connectivity index (χ1n) is 11.8. The van der Waals surface area contributed by atoms with Gasteiger partial charge < -0.3 is 20.4 Å². The molecule has 7 nitrogen and oxygen atoms in total. The molecule has 3 amide bonds. The third-order valence-electron chi connectivity index (χ3n) is 6.30. The number of fused-ring (bicyclic) bond motifs is 1. The Labute approximate surface area is 214 Å². The second-order valence-corrected chi connectivity index (χ2v) is 9.59. The minimum Gasteiger partial charge on any atom is -0.341 e. The summed E-state index contributed by atoms with van der Waals surface area (Å²) in [7, 11) is 1.53. The van der Waals surface area contributed by atoms with Crippen LogP contribution in [-0.2, 0) is 9.59 Å². The molecule has 2 N–H and O–H groups in total. The van der Waals surface area contributed by atoms with Crippen molar-refractivity contribution >= 4 is 34.8 Å². The summed E-state index contributed by atoms with van der Waals surface area (Å²) in [4.78, 5) is 42.6. The van der Waals surface area contributed by atoms with Gasteiger partial charge in [0, 0.05) is 18.3 Å². The van der Waals surface area contributed by atoms with Gasteiger partial charge in [-0.2, -0.15) is 0 Å². The van der Waals surface area contributed by atoms with Gasteiger partial charge in [0.05, 0.1) is 17.9 Å². The van der Waals surface area contributed by atoms with Gasteiger partial charge in [0.15, 0.2) is 0 Å². The molecular formula is C28H28F2N4O3. The fourth-order valence-electron chi connectivity index (χ4n) is 4.21. The monoisotopic (exact) mass is 506 g/mol. The molecular weight excluding hydrogens is 478 g/mol. The summed E-state index contributed by atoms with van der Waals surface area (Å²) >= 11 is 0. The minimum absolute atomic E-state index is 0.0823. The topological polar surface area (TPSA) is 81.8 Å². The lowest BCUT2D eigenvalue weighted by Crippen LogP contribution is -2.60. The zero-order chi connectivity index (χ0) is 26.9. The largest absolute Gasteiger partial charge is 0.341 e. The van der Waals surface area contributed by atoms with Crippen molar-refractivity contribution in [3.63, 3.8) is 0 Å². The number of nitrogens with one attached hydrogen (secondary N) is 2. The molecule has 0 bridgehead atoms. The fourth-order valence-corrected chi connectivity index (χ4v) is 4.21. The molecule has 1 aliphatic heterocycles. The van der Waals surface area contributed by atoms with Crippen LogP contribution in [0.4, 0.5) is 25.8 Å². The number of carbonyl (C=O) groups is 3. The molecule has 0 saturated carbocycles. The van der Waals surface area contributed by atoms with Crippen molar-refractivity contribution < 1.29 is 23.2 Å². The van der Waals surface area contributed by atoms with Gasteiger partial charge in [-0.05, 0) is 80.9 Å². The quantitative estimate of drug-likeness (QED) is 0.547. The Kier molecular flexibility index (Phi) is 6.98. The van der Waals surface area contributed by atoms with Gasteiger partial charge >= 0.3 is 0 Å². The number of amides is 3. The van der Waals surface area contributed by atoms with E-state index in [0.29, 0.717) is 11.4 Å². The molecule has 0 radical (unpaired) electrons. The second kappa shape index (κ2) is 10.0. The standard InChI is InChI=1S/C28H28F2N4O3/c1-17-6-5-7-21(14-17)34-16-22(26(36)33(4)24-15-20(30)12-13-23(24)34)31-27(37)28(2,3)32-25(35)18-8-10-19(29)11-9-18/h5-15,22H,16H2,1-4H3,(H,31,37)(H,32,35)/t22-/m1/s1. The molecule has 0 aliphatic carbocycles. The molecule has 1 aliphatic rings. The molecule has 0 unspecified atom stereocenters. The van der Waals surface area contributed by atoms with Crippen molar-refractivity contribution in [2.45, 2.75) is 32.4 Å². The van der Waals surface area contributed by atoms with Crippen molar-refractivity contribution in [2.24, 2.45) is 0 Å². The van der Waals surface area contributed by atoms with Crippen molar-refractivity contribution in [3.05, 3.63) is 89.5 Å². The molecule has 3 aromatic carbocycles. The van der Waals surface area contributed by atoms with Crippen LogP contribution in [0.1, 0.15) is 29.8 Å². The summed E-state index contributed by atoms with van der Waals surface area (Å²) in [5.74, 6) is -2.56. The van der Waals surface area contributed by atoms with Crippen molar-refractivity contribution in [3.8, 4) is 0 Å². The van der Waals surface area contributed by atoms with Crippen molar-refractivity contribution in [2.75, 3.05) is 23.4 Å². The van der Waals surface area contributed by atoms with E-state index in [-0.39, 0.29) is 12.1 Å². The lowest BCUT2D eigenvalue weighted by atomic mass is 10.0.